The molecule has 168 valence electrons. The molecule has 0 bridgehead atoms. The minimum absolute atomic E-state index is 0.0354. The molecule has 2 heterocycles. The first-order valence-electron chi connectivity index (χ1n) is 9.85. The molecule has 0 spiro atoms. The zero-order valence-corrected chi connectivity index (χ0v) is 19.4. The third kappa shape index (κ3) is 4.73. The molecular weight excluding hydrogens is 474 g/mol. The van der Waals surface area contributed by atoms with E-state index in [2.05, 4.69) is 0 Å². The van der Waals surface area contributed by atoms with E-state index >= 15 is 0 Å². The predicted octanol–water partition coefficient (Wildman–Crippen LogP) is 4.47. The summed E-state index contributed by atoms with van der Waals surface area (Å²) in [6.07, 6.45) is 0. The summed E-state index contributed by atoms with van der Waals surface area (Å²) in [7, 11) is -4.34. The number of piperazine rings is 1. The normalized spacial score (nSPS) is 15.1. The van der Waals surface area contributed by atoms with Gasteiger partial charge < -0.3 is 4.90 Å². The molecule has 0 radical (unpaired) electrons. The molecule has 5 nitrogen and oxygen atoms in total. The van der Waals surface area contributed by atoms with Crippen molar-refractivity contribution < 1.29 is 22.0 Å². The Balaban J connectivity index is 1.45. The highest BCUT2D eigenvalue weighted by atomic mass is 32.2. The van der Waals surface area contributed by atoms with E-state index < -0.39 is 26.6 Å². The Labute approximate surface area is 193 Å². The van der Waals surface area contributed by atoms with E-state index in [1.807, 2.05) is 29.6 Å². The van der Waals surface area contributed by atoms with Crippen LogP contribution in [0.3, 0.4) is 0 Å². The largest absolute Gasteiger partial charge is 0.336 e. The first kappa shape index (κ1) is 22.9. The standard InChI is InChI=1S/C22H20F2N2O3S3/c23-18-7-3-8-19(24)21(18)32(28,29)26-12-10-25(11-13-26)22(27)17-6-1-2-9-20(17)31-15-16-5-4-14-30-16/h1-9,14H,10-13,15H2. The molecule has 0 N–H and O–H groups in total. The third-order valence-corrected chi connectivity index (χ3v) is 9.24. The topological polar surface area (TPSA) is 57.7 Å². The third-order valence-electron chi connectivity index (χ3n) is 5.11. The Morgan fingerprint density at radius 3 is 2.28 bits per heavy atom. The van der Waals surface area contributed by atoms with Crippen molar-refractivity contribution in [2.45, 2.75) is 15.5 Å². The van der Waals surface area contributed by atoms with E-state index in [1.54, 1.807) is 40.1 Å². The summed E-state index contributed by atoms with van der Waals surface area (Å²) in [5.74, 6) is -1.68. The van der Waals surface area contributed by atoms with Gasteiger partial charge in [-0.1, -0.05) is 24.3 Å². The molecule has 32 heavy (non-hydrogen) atoms. The Morgan fingerprint density at radius 1 is 0.938 bits per heavy atom. The molecule has 0 atom stereocenters. The van der Waals surface area contributed by atoms with Gasteiger partial charge in [0.25, 0.3) is 5.91 Å². The molecule has 2 aromatic carbocycles. The van der Waals surface area contributed by atoms with Crippen LogP contribution in [0.2, 0.25) is 0 Å². The molecule has 1 aromatic heterocycles. The predicted molar refractivity (Wildman–Crippen MR) is 121 cm³/mol. The summed E-state index contributed by atoms with van der Waals surface area (Å²) in [4.78, 5) is 15.8. The van der Waals surface area contributed by atoms with E-state index in [1.165, 1.54) is 4.88 Å². The van der Waals surface area contributed by atoms with Crippen LogP contribution in [0, 0.1) is 11.6 Å². The zero-order valence-electron chi connectivity index (χ0n) is 16.9. The summed E-state index contributed by atoms with van der Waals surface area (Å²) in [5, 5.41) is 2.01. The highest BCUT2D eigenvalue weighted by molar-refractivity contribution is 7.98. The minimum atomic E-state index is -4.34. The van der Waals surface area contributed by atoms with Gasteiger partial charge in [0.05, 0.1) is 5.56 Å². The van der Waals surface area contributed by atoms with Crippen LogP contribution in [0.5, 0.6) is 0 Å². The van der Waals surface area contributed by atoms with Gasteiger partial charge in [-0.3, -0.25) is 4.79 Å². The van der Waals surface area contributed by atoms with Crippen molar-refractivity contribution in [3.8, 4) is 0 Å². The van der Waals surface area contributed by atoms with Crippen molar-refractivity contribution >= 4 is 39.0 Å². The molecular formula is C22H20F2N2O3S3. The fraction of sp³-hybridized carbons (Fsp3) is 0.227. The molecule has 10 heteroatoms. The first-order chi connectivity index (χ1) is 15.4. The molecule has 3 aromatic rings. The maximum Gasteiger partial charge on any atom is 0.255 e. The van der Waals surface area contributed by atoms with Gasteiger partial charge >= 0.3 is 0 Å². The van der Waals surface area contributed by atoms with Crippen LogP contribution < -0.4 is 0 Å². The monoisotopic (exact) mass is 494 g/mol. The van der Waals surface area contributed by atoms with E-state index in [-0.39, 0.29) is 32.1 Å². The highest BCUT2D eigenvalue weighted by Gasteiger charge is 2.34. The van der Waals surface area contributed by atoms with Crippen LogP contribution in [0.1, 0.15) is 15.2 Å². The SMILES string of the molecule is O=C(c1ccccc1SCc1cccs1)N1CCN(S(=O)(=O)c2c(F)cccc2F)CC1. The second kappa shape index (κ2) is 9.70. The van der Waals surface area contributed by atoms with E-state index in [0.717, 1.165) is 33.2 Å². The van der Waals surface area contributed by atoms with Crippen LogP contribution in [0.25, 0.3) is 0 Å². The number of nitrogens with zero attached hydrogens (tertiary/aromatic N) is 2. The molecule has 4 rings (SSSR count). The van der Waals surface area contributed by atoms with Crippen molar-refractivity contribution in [1.82, 2.24) is 9.21 Å². The summed E-state index contributed by atoms with van der Waals surface area (Å²) >= 11 is 3.23. The fourth-order valence-corrected chi connectivity index (χ4v) is 6.82. The Hall–Kier alpha value is -2.27. The maximum atomic E-state index is 14.0. The number of carbonyl (C=O) groups is 1. The molecule has 1 fully saturated rings. The van der Waals surface area contributed by atoms with Gasteiger partial charge in [-0.05, 0) is 35.7 Å². The van der Waals surface area contributed by atoms with Gasteiger partial charge in [-0.25, -0.2) is 17.2 Å². The van der Waals surface area contributed by atoms with E-state index in [4.69, 9.17) is 0 Å². The lowest BCUT2D eigenvalue weighted by molar-refractivity contribution is 0.0694. The van der Waals surface area contributed by atoms with E-state index in [0.29, 0.717) is 5.56 Å². The van der Waals surface area contributed by atoms with E-state index in [9.17, 15) is 22.0 Å². The molecule has 1 saturated heterocycles. The number of thioether (sulfide) groups is 1. The van der Waals surface area contributed by atoms with Crippen molar-refractivity contribution in [3.05, 3.63) is 82.1 Å². The molecule has 1 amide bonds. The van der Waals surface area contributed by atoms with Gasteiger partial charge in [0.15, 0.2) is 4.90 Å². The average Bonchev–Trinajstić information content (AvgIpc) is 3.31. The lowest BCUT2D eigenvalue weighted by Gasteiger charge is -2.34. The lowest BCUT2D eigenvalue weighted by atomic mass is 10.2. The van der Waals surface area contributed by atoms with Crippen LogP contribution >= 0.6 is 23.1 Å². The smallest absolute Gasteiger partial charge is 0.255 e. The first-order valence-corrected chi connectivity index (χ1v) is 13.2. The van der Waals surface area contributed by atoms with Crippen LogP contribution in [0.4, 0.5) is 8.78 Å². The minimum Gasteiger partial charge on any atom is -0.336 e. The number of rotatable bonds is 6. The number of sulfonamides is 1. The van der Waals surface area contributed by atoms with Crippen LogP contribution in [-0.2, 0) is 15.8 Å². The molecule has 1 aliphatic heterocycles. The van der Waals surface area contributed by atoms with Gasteiger partial charge in [0.1, 0.15) is 11.6 Å². The Kier molecular flexibility index (Phi) is 6.94. The van der Waals surface area contributed by atoms with Crippen molar-refractivity contribution in [2.75, 3.05) is 26.2 Å². The van der Waals surface area contributed by atoms with Gasteiger partial charge in [0.2, 0.25) is 10.0 Å². The van der Waals surface area contributed by atoms with Crippen LogP contribution in [0.15, 0.2) is 69.8 Å². The Bertz CT molecular complexity index is 1190. The number of thiophene rings is 1. The second-order valence-electron chi connectivity index (χ2n) is 7.11. The number of carbonyl (C=O) groups excluding carboxylic acids is 1. The maximum absolute atomic E-state index is 14.0. The summed E-state index contributed by atoms with van der Waals surface area (Å²) in [6, 6.07) is 14.3. The van der Waals surface area contributed by atoms with Crippen molar-refractivity contribution in [2.24, 2.45) is 0 Å². The van der Waals surface area contributed by atoms with Crippen LogP contribution in [-0.4, -0.2) is 49.7 Å². The highest BCUT2D eigenvalue weighted by Crippen LogP contribution is 2.29. The average molecular weight is 495 g/mol. The quantitative estimate of drug-likeness (QED) is 0.475. The summed E-state index contributed by atoms with van der Waals surface area (Å²) in [5.41, 5.74) is 0.561. The van der Waals surface area contributed by atoms with Crippen molar-refractivity contribution in [1.29, 1.82) is 0 Å². The number of hydrogen-bond donors (Lipinski definition) is 0. The number of hydrogen-bond acceptors (Lipinski definition) is 5. The second-order valence-corrected chi connectivity index (χ2v) is 11.0. The molecule has 0 aliphatic carbocycles. The number of halogens is 2. The lowest BCUT2D eigenvalue weighted by Crippen LogP contribution is -2.50. The zero-order chi connectivity index (χ0) is 22.7. The number of amides is 1. The molecule has 1 aliphatic rings. The van der Waals surface area contributed by atoms with Gasteiger partial charge in [-0.15, -0.1) is 23.1 Å². The van der Waals surface area contributed by atoms with Gasteiger partial charge in [-0.2, -0.15) is 4.31 Å². The summed E-state index contributed by atoms with van der Waals surface area (Å²) in [6.45, 7) is 0.203. The molecule has 0 unspecified atom stereocenters. The van der Waals surface area contributed by atoms with Crippen molar-refractivity contribution in [3.63, 3.8) is 0 Å². The Morgan fingerprint density at radius 2 is 1.62 bits per heavy atom. The number of benzene rings is 2. The molecule has 0 saturated carbocycles. The summed E-state index contributed by atoms with van der Waals surface area (Å²) < 4.78 is 54.6. The fourth-order valence-electron chi connectivity index (χ4n) is 3.47. The van der Waals surface area contributed by atoms with Gasteiger partial charge in [0, 0.05) is 41.7 Å².